The molecule has 0 radical (unpaired) electrons. The van der Waals surface area contributed by atoms with Crippen molar-refractivity contribution in [3.05, 3.63) is 61.1 Å². The molecule has 0 amide bonds. The highest BCUT2D eigenvalue weighted by atomic mass is 32.2. The lowest BCUT2D eigenvalue weighted by molar-refractivity contribution is 0.318. The Hall–Kier alpha value is -2.47. The molecule has 0 N–H and O–H groups in total. The number of aromatic nitrogens is 3. The van der Waals surface area contributed by atoms with E-state index in [-0.39, 0.29) is 0 Å². The predicted octanol–water partition coefficient (Wildman–Crippen LogP) is 4.59. The fourth-order valence-electron chi connectivity index (χ4n) is 2.43. The van der Waals surface area contributed by atoms with Crippen LogP contribution in [0.25, 0.3) is 11.4 Å². The van der Waals surface area contributed by atoms with Gasteiger partial charge in [-0.05, 0) is 31.5 Å². The van der Waals surface area contributed by atoms with Crippen LogP contribution in [0.2, 0.25) is 0 Å². The van der Waals surface area contributed by atoms with Crippen molar-refractivity contribution in [1.29, 1.82) is 0 Å². The summed E-state index contributed by atoms with van der Waals surface area (Å²) in [5.74, 6) is 3.46. The van der Waals surface area contributed by atoms with Crippen LogP contribution in [0.15, 0.2) is 64.9 Å². The number of benzene rings is 1. The van der Waals surface area contributed by atoms with Gasteiger partial charge in [-0.25, -0.2) is 0 Å². The molecular formula is C19H21N3O2S. The van der Waals surface area contributed by atoms with E-state index < -0.39 is 0 Å². The number of rotatable bonds is 9. The zero-order valence-corrected chi connectivity index (χ0v) is 15.0. The third-order valence-corrected chi connectivity index (χ3v) is 4.71. The molecule has 3 aromatic rings. The molecule has 0 aliphatic heterocycles. The van der Waals surface area contributed by atoms with Crippen LogP contribution in [0.3, 0.4) is 0 Å². The maximum Gasteiger partial charge on any atom is 0.191 e. The molecule has 5 nitrogen and oxygen atoms in total. The van der Waals surface area contributed by atoms with Crippen LogP contribution in [-0.2, 0) is 6.54 Å². The van der Waals surface area contributed by atoms with Crippen LogP contribution >= 0.6 is 11.8 Å². The molecular weight excluding hydrogens is 334 g/mol. The van der Waals surface area contributed by atoms with Gasteiger partial charge in [0.25, 0.3) is 0 Å². The lowest BCUT2D eigenvalue weighted by atomic mass is 10.2. The minimum atomic E-state index is 0.663. The highest BCUT2D eigenvalue weighted by Gasteiger charge is 2.16. The zero-order valence-electron chi connectivity index (χ0n) is 14.2. The topological polar surface area (TPSA) is 53.1 Å². The third kappa shape index (κ3) is 4.33. The van der Waals surface area contributed by atoms with Crippen LogP contribution < -0.4 is 4.74 Å². The maximum absolute atomic E-state index is 5.72. The zero-order chi connectivity index (χ0) is 17.5. The second-order valence-electron chi connectivity index (χ2n) is 5.46. The first-order valence-electron chi connectivity index (χ1n) is 8.19. The molecule has 0 aliphatic carbocycles. The molecule has 0 saturated heterocycles. The largest absolute Gasteiger partial charge is 0.494 e. The van der Waals surface area contributed by atoms with Crippen molar-refractivity contribution in [2.24, 2.45) is 0 Å². The van der Waals surface area contributed by atoms with Crippen LogP contribution in [0.4, 0.5) is 0 Å². The van der Waals surface area contributed by atoms with Crippen molar-refractivity contribution >= 4 is 11.8 Å². The lowest BCUT2D eigenvalue weighted by Crippen LogP contribution is -2.02. The Balaban J connectivity index is 1.58. The van der Waals surface area contributed by atoms with E-state index in [1.807, 2.05) is 49.4 Å². The van der Waals surface area contributed by atoms with Crippen LogP contribution in [0.5, 0.6) is 5.75 Å². The number of ether oxygens (including phenoxy) is 1. The molecule has 25 heavy (non-hydrogen) atoms. The minimum absolute atomic E-state index is 0.663. The summed E-state index contributed by atoms with van der Waals surface area (Å²) in [5.41, 5.74) is 0.966. The van der Waals surface area contributed by atoms with Gasteiger partial charge in [0.15, 0.2) is 11.0 Å². The van der Waals surface area contributed by atoms with Crippen molar-refractivity contribution in [1.82, 2.24) is 14.8 Å². The smallest absolute Gasteiger partial charge is 0.191 e. The molecule has 0 unspecified atom stereocenters. The number of hydrogen-bond donors (Lipinski definition) is 0. The Morgan fingerprint density at radius 3 is 2.80 bits per heavy atom. The number of para-hydroxylation sites is 1. The summed E-state index contributed by atoms with van der Waals surface area (Å²) in [6, 6.07) is 11.8. The van der Waals surface area contributed by atoms with Gasteiger partial charge in [-0.2, -0.15) is 0 Å². The second kappa shape index (κ2) is 8.58. The van der Waals surface area contributed by atoms with Gasteiger partial charge in [0.05, 0.1) is 18.4 Å². The number of nitrogens with zero attached hydrogens (tertiary/aromatic N) is 3. The molecule has 3 rings (SSSR count). The summed E-state index contributed by atoms with van der Waals surface area (Å²) in [5, 5.41) is 9.56. The molecule has 0 bridgehead atoms. The first-order valence-corrected chi connectivity index (χ1v) is 9.17. The monoisotopic (exact) mass is 355 g/mol. The molecule has 6 heteroatoms. The summed E-state index contributed by atoms with van der Waals surface area (Å²) in [4.78, 5) is 0. The van der Waals surface area contributed by atoms with Gasteiger partial charge in [0, 0.05) is 12.3 Å². The quantitative estimate of drug-likeness (QED) is 0.319. The van der Waals surface area contributed by atoms with Gasteiger partial charge in [0.1, 0.15) is 11.5 Å². The van der Waals surface area contributed by atoms with E-state index in [2.05, 4.69) is 21.3 Å². The van der Waals surface area contributed by atoms with Crippen molar-refractivity contribution in [3.63, 3.8) is 0 Å². The van der Waals surface area contributed by atoms with Gasteiger partial charge in [-0.1, -0.05) is 36.0 Å². The lowest BCUT2D eigenvalue weighted by Gasteiger charge is -2.08. The van der Waals surface area contributed by atoms with Gasteiger partial charge in [-0.3, -0.25) is 4.57 Å². The second-order valence-corrected chi connectivity index (χ2v) is 6.52. The number of furan rings is 1. The van der Waals surface area contributed by atoms with E-state index in [1.165, 1.54) is 0 Å². The van der Waals surface area contributed by atoms with E-state index in [1.54, 1.807) is 18.0 Å². The summed E-state index contributed by atoms with van der Waals surface area (Å²) in [6.07, 6.45) is 4.46. The standard InChI is InChI=1S/C19H21N3O2S/c1-3-11-22-18(17-10-13-23-15(17)2)20-21-19(22)25-14-7-12-24-16-8-5-4-6-9-16/h3-6,8-10,13H,1,7,11-12,14H2,2H3. The average Bonchev–Trinajstić information content (AvgIpc) is 3.22. The Kier molecular flexibility index (Phi) is 5.95. The molecule has 1 aromatic carbocycles. The summed E-state index contributed by atoms with van der Waals surface area (Å²) >= 11 is 1.68. The van der Waals surface area contributed by atoms with Gasteiger partial charge in [-0.15, -0.1) is 16.8 Å². The summed E-state index contributed by atoms with van der Waals surface area (Å²) in [7, 11) is 0. The molecule has 0 aliphatic rings. The SMILES string of the molecule is C=CCn1c(SCCCOc2ccccc2)nnc1-c1ccoc1C. The van der Waals surface area contributed by atoms with Gasteiger partial charge in [0.2, 0.25) is 0 Å². The number of thioether (sulfide) groups is 1. The van der Waals surface area contributed by atoms with Crippen LogP contribution in [0.1, 0.15) is 12.2 Å². The Morgan fingerprint density at radius 1 is 1.24 bits per heavy atom. The van der Waals surface area contributed by atoms with E-state index >= 15 is 0 Å². The van der Waals surface area contributed by atoms with Crippen LogP contribution in [0, 0.1) is 6.92 Å². The predicted molar refractivity (Wildman–Crippen MR) is 99.9 cm³/mol. The number of aryl methyl sites for hydroxylation is 1. The third-order valence-electron chi connectivity index (χ3n) is 3.66. The molecule has 0 fully saturated rings. The van der Waals surface area contributed by atoms with Gasteiger partial charge >= 0.3 is 0 Å². The van der Waals surface area contributed by atoms with E-state index in [9.17, 15) is 0 Å². The fourth-order valence-corrected chi connectivity index (χ4v) is 3.29. The van der Waals surface area contributed by atoms with E-state index in [0.29, 0.717) is 13.2 Å². The number of hydrogen-bond acceptors (Lipinski definition) is 5. The van der Waals surface area contributed by atoms with Crippen molar-refractivity contribution < 1.29 is 9.15 Å². The summed E-state index contributed by atoms with van der Waals surface area (Å²) in [6.45, 7) is 7.11. The van der Waals surface area contributed by atoms with Crippen molar-refractivity contribution in [2.45, 2.75) is 25.0 Å². The first-order chi connectivity index (χ1) is 12.3. The molecule has 0 atom stereocenters. The highest BCUT2D eigenvalue weighted by molar-refractivity contribution is 7.99. The fraction of sp³-hybridized carbons (Fsp3) is 0.263. The normalized spacial score (nSPS) is 10.8. The first kappa shape index (κ1) is 17.4. The Bertz CT molecular complexity index is 811. The molecule has 2 heterocycles. The number of allylic oxidation sites excluding steroid dienone is 1. The Morgan fingerprint density at radius 2 is 2.08 bits per heavy atom. The average molecular weight is 355 g/mol. The Labute approximate surface area is 151 Å². The molecule has 0 saturated carbocycles. The maximum atomic E-state index is 5.72. The van der Waals surface area contributed by atoms with Crippen molar-refractivity contribution in [3.8, 4) is 17.1 Å². The van der Waals surface area contributed by atoms with Crippen molar-refractivity contribution in [2.75, 3.05) is 12.4 Å². The van der Waals surface area contributed by atoms with E-state index in [4.69, 9.17) is 9.15 Å². The summed E-state index contributed by atoms with van der Waals surface area (Å²) < 4.78 is 13.2. The highest BCUT2D eigenvalue weighted by Crippen LogP contribution is 2.27. The molecule has 0 spiro atoms. The van der Waals surface area contributed by atoms with E-state index in [0.717, 1.165) is 40.2 Å². The minimum Gasteiger partial charge on any atom is -0.494 e. The molecule has 2 aromatic heterocycles. The molecule has 130 valence electrons. The van der Waals surface area contributed by atoms with Gasteiger partial charge < -0.3 is 9.15 Å². The van der Waals surface area contributed by atoms with Crippen LogP contribution in [-0.4, -0.2) is 27.1 Å².